The normalized spacial score (nSPS) is 11.2. The zero-order chi connectivity index (χ0) is 11.9. The van der Waals surface area contributed by atoms with E-state index in [1.54, 1.807) is 6.08 Å². The second kappa shape index (κ2) is 5.80. The molecule has 1 nitrogen and oxygen atoms in total. The molecule has 1 heteroatoms. The van der Waals surface area contributed by atoms with Crippen LogP contribution in [0.2, 0.25) is 0 Å². The van der Waals surface area contributed by atoms with Crippen LogP contribution in [-0.2, 0) is 6.54 Å². The van der Waals surface area contributed by atoms with Gasteiger partial charge in [-0.25, -0.2) is 0 Å². The Hall–Kier alpha value is -2.15. The van der Waals surface area contributed by atoms with Crippen molar-refractivity contribution in [3.05, 3.63) is 84.4 Å². The van der Waals surface area contributed by atoms with Gasteiger partial charge in [0.05, 0.1) is 12.3 Å². The van der Waals surface area contributed by atoms with Crippen molar-refractivity contribution in [1.82, 2.24) is 0 Å². The summed E-state index contributed by atoms with van der Waals surface area (Å²) >= 11 is 0. The molecule has 17 heavy (non-hydrogen) atoms. The average Bonchev–Trinajstić information content (AvgIpc) is 2.42. The molecule has 0 aromatic heterocycles. The molecular weight excluding hydrogens is 206 g/mol. The third-order valence-corrected chi connectivity index (χ3v) is 2.54. The predicted molar refractivity (Wildman–Crippen MR) is 73.3 cm³/mol. The van der Waals surface area contributed by atoms with Gasteiger partial charge in [-0.2, -0.15) is 0 Å². The van der Waals surface area contributed by atoms with Gasteiger partial charge in [-0.3, -0.25) is 4.99 Å². The Bertz CT molecular complexity index is 498. The Balaban J connectivity index is 2.17. The molecule has 2 rings (SSSR count). The van der Waals surface area contributed by atoms with Crippen molar-refractivity contribution >= 4 is 5.71 Å². The van der Waals surface area contributed by atoms with E-state index in [2.05, 4.69) is 23.7 Å². The number of aliphatic imine (C=N–C) groups is 1. The quantitative estimate of drug-likeness (QED) is 0.695. The van der Waals surface area contributed by atoms with Gasteiger partial charge in [-0.15, -0.1) is 0 Å². The summed E-state index contributed by atoms with van der Waals surface area (Å²) < 4.78 is 0. The van der Waals surface area contributed by atoms with E-state index < -0.39 is 0 Å². The summed E-state index contributed by atoms with van der Waals surface area (Å²) in [6.45, 7) is 4.51. The zero-order valence-electron chi connectivity index (χ0n) is 9.71. The van der Waals surface area contributed by atoms with Crippen LogP contribution in [0.1, 0.15) is 11.1 Å². The summed E-state index contributed by atoms with van der Waals surface area (Å²) in [7, 11) is 0. The van der Waals surface area contributed by atoms with Gasteiger partial charge in [0.25, 0.3) is 0 Å². The second-order valence-electron chi connectivity index (χ2n) is 3.76. The third kappa shape index (κ3) is 3.15. The molecule has 0 fully saturated rings. The number of hydrogen-bond donors (Lipinski definition) is 0. The van der Waals surface area contributed by atoms with Crippen molar-refractivity contribution < 1.29 is 0 Å². The highest BCUT2D eigenvalue weighted by atomic mass is 14.7. The van der Waals surface area contributed by atoms with Crippen LogP contribution in [0.25, 0.3) is 0 Å². The van der Waals surface area contributed by atoms with Gasteiger partial charge in [-0.05, 0) is 17.2 Å². The van der Waals surface area contributed by atoms with E-state index >= 15 is 0 Å². The van der Waals surface area contributed by atoms with Crippen molar-refractivity contribution in [1.29, 1.82) is 0 Å². The summed E-state index contributed by atoms with van der Waals surface area (Å²) in [6, 6.07) is 20.3. The first kappa shape index (κ1) is 11.3. The lowest BCUT2D eigenvalue weighted by molar-refractivity contribution is 1.07. The van der Waals surface area contributed by atoms with Crippen molar-refractivity contribution in [2.75, 3.05) is 0 Å². The molecule has 0 atom stereocenters. The van der Waals surface area contributed by atoms with Crippen molar-refractivity contribution in [2.45, 2.75) is 6.54 Å². The molecule has 84 valence electrons. The van der Waals surface area contributed by atoms with Gasteiger partial charge in [-0.1, -0.05) is 67.2 Å². The first-order chi connectivity index (χ1) is 8.40. The standard InChI is InChI=1S/C16H15N/c1-2-16(15-11-7-4-8-12-15)17-13-14-9-5-3-6-10-14/h2-12H,1,13H2. The summed E-state index contributed by atoms with van der Waals surface area (Å²) in [4.78, 5) is 4.58. The van der Waals surface area contributed by atoms with Crippen LogP contribution in [0, 0.1) is 0 Å². The molecule has 0 radical (unpaired) electrons. The molecule has 0 unspecified atom stereocenters. The lowest BCUT2D eigenvalue weighted by atomic mass is 10.1. The van der Waals surface area contributed by atoms with Crippen molar-refractivity contribution in [2.24, 2.45) is 4.99 Å². The van der Waals surface area contributed by atoms with Gasteiger partial charge in [0.1, 0.15) is 0 Å². The fraction of sp³-hybridized carbons (Fsp3) is 0.0625. The second-order valence-corrected chi connectivity index (χ2v) is 3.76. The molecule has 0 amide bonds. The van der Waals surface area contributed by atoms with E-state index in [1.807, 2.05) is 48.5 Å². The Kier molecular flexibility index (Phi) is 3.87. The molecule has 0 spiro atoms. The largest absolute Gasteiger partial charge is 0.280 e. The fourth-order valence-corrected chi connectivity index (χ4v) is 1.64. The zero-order valence-corrected chi connectivity index (χ0v) is 9.71. The Morgan fingerprint density at radius 2 is 1.53 bits per heavy atom. The van der Waals surface area contributed by atoms with Crippen LogP contribution >= 0.6 is 0 Å². The van der Waals surface area contributed by atoms with E-state index in [-0.39, 0.29) is 0 Å². The molecule has 2 aromatic rings. The molecule has 0 bridgehead atoms. The van der Waals surface area contributed by atoms with Gasteiger partial charge in [0, 0.05) is 0 Å². The molecule has 0 heterocycles. The minimum absolute atomic E-state index is 0.692. The molecule has 0 aliphatic rings. The van der Waals surface area contributed by atoms with Crippen molar-refractivity contribution in [3.8, 4) is 0 Å². The highest BCUT2D eigenvalue weighted by Gasteiger charge is 1.97. The minimum atomic E-state index is 0.692. The van der Waals surface area contributed by atoms with Gasteiger partial charge in [0.15, 0.2) is 0 Å². The smallest absolute Gasteiger partial charge is 0.0647 e. The van der Waals surface area contributed by atoms with Gasteiger partial charge >= 0.3 is 0 Å². The van der Waals surface area contributed by atoms with Crippen LogP contribution < -0.4 is 0 Å². The topological polar surface area (TPSA) is 12.4 Å². The predicted octanol–water partition coefficient (Wildman–Crippen LogP) is 3.86. The maximum atomic E-state index is 4.58. The Morgan fingerprint density at radius 1 is 0.941 bits per heavy atom. The molecule has 0 aliphatic carbocycles. The highest BCUT2D eigenvalue weighted by Crippen LogP contribution is 2.06. The third-order valence-electron chi connectivity index (χ3n) is 2.54. The SMILES string of the molecule is C=CC(=NCc1ccccc1)c1ccccc1. The Morgan fingerprint density at radius 3 is 2.12 bits per heavy atom. The van der Waals surface area contributed by atoms with Crippen LogP contribution in [0.5, 0.6) is 0 Å². The van der Waals surface area contributed by atoms with Gasteiger partial charge in [0.2, 0.25) is 0 Å². The molecule has 0 saturated carbocycles. The minimum Gasteiger partial charge on any atom is -0.280 e. The maximum Gasteiger partial charge on any atom is 0.0647 e. The van der Waals surface area contributed by atoms with Gasteiger partial charge < -0.3 is 0 Å². The number of nitrogens with zero attached hydrogens (tertiary/aromatic N) is 1. The van der Waals surface area contributed by atoms with E-state index in [9.17, 15) is 0 Å². The van der Waals surface area contributed by atoms with Crippen LogP contribution in [0.4, 0.5) is 0 Å². The van der Waals surface area contributed by atoms with Crippen LogP contribution in [0.15, 0.2) is 78.3 Å². The summed E-state index contributed by atoms with van der Waals surface area (Å²) in [6.07, 6.45) is 1.80. The van der Waals surface area contributed by atoms with Crippen molar-refractivity contribution in [3.63, 3.8) is 0 Å². The monoisotopic (exact) mass is 221 g/mol. The van der Waals surface area contributed by atoms with Crippen LogP contribution in [-0.4, -0.2) is 5.71 Å². The lowest BCUT2D eigenvalue weighted by Crippen LogP contribution is -1.96. The summed E-state index contributed by atoms with van der Waals surface area (Å²) in [5, 5.41) is 0. The van der Waals surface area contributed by atoms with E-state index in [0.29, 0.717) is 6.54 Å². The van der Waals surface area contributed by atoms with E-state index in [1.165, 1.54) is 5.56 Å². The summed E-state index contributed by atoms with van der Waals surface area (Å²) in [5.41, 5.74) is 3.26. The maximum absolute atomic E-state index is 4.58. The van der Waals surface area contributed by atoms with Crippen LogP contribution in [0.3, 0.4) is 0 Å². The first-order valence-electron chi connectivity index (χ1n) is 5.66. The number of benzene rings is 2. The highest BCUT2D eigenvalue weighted by molar-refractivity contribution is 6.08. The van der Waals surface area contributed by atoms with E-state index in [0.717, 1.165) is 11.3 Å². The summed E-state index contributed by atoms with van der Waals surface area (Å²) in [5.74, 6) is 0. The fourth-order valence-electron chi connectivity index (χ4n) is 1.64. The average molecular weight is 221 g/mol. The number of hydrogen-bond acceptors (Lipinski definition) is 1. The first-order valence-corrected chi connectivity index (χ1v) is 5.66. The number of rotatable bonds is 4. The molecule has 2 aromatic carbocycles. The molecular formula is C16H15N. The molecule has 0 N–H and O–H groups in total. The number of allylic oxidation sites excluding steroid dienone is 1. The molecule has 0 aliphatic heterocycles. The lowest BCUT2D eigenvalue weighted by Gasteiger charge is -2.02. The Labute approximate surface area is 102 Å². The molecule has 0 saturated heterocycles. The van der Waals surface area contributed by atoms with E-state index in [4.69, 9.17) is 0 Å².